The van der Waals surface area contributed by atoms with Crippen molar-refractivity contribution >= 4 is 35.4 Å². The zero-order chi connectivity index (χ0) is 19.8. The lowest BCUT2D eigenvalue weighted by Crippen LogP contribution is -2.50. The van der Waals surface area contributed by atoms with Crippen LogP contribution in [-0.4, -0.2) is 75.6 Å². The van der Waals surface area contributed by atoms with Gasteiger partial charge in [-0.2, -0.15) is 0 Å². The number of hydrogen-bond acceptors (Lipinski definition) is 5. The number of nitrogens with zero attached hydrogens (tertiary/aromatic N) is 3. The predicted octanol–water partition coefficient (Wildman–Crippen LogP) is 1.44. The van der Waals surface area contributed by atoms with E-state index < -0.39 is 12.0 Å². The summed E-state index contributed by atoms with van der Waals surface area (Å²) in [5.41, 5.74) is 0.765. The number of imide groups is 1. The highest BCUT2D eigenvalue weighted by atomic mass is 32.2. The van der Waals surface area contributed by atoms with Crippen LogP contribution in [0.25, 0.3) is 0 Å². The van der Waals surface area contributed by atoms with Crippen LogP contribution >= 0.6 is 11.8 Å². The molecule has 2 atom stereocenters. The monoisotopic (exact) mass is 401 g/mol. The molecule has 0 unspecified atom stereocenters. The molecular formula is C20H23N3O4S. The van der Waals surface area contributed by atoms with Crippen molar-refractivity contribution in [1.82, 2.24) is 14.7 Å². The number of carbonyl (C=O) groups is 4. The van der Waals surface area contributed by atoms with Gasteiger partial charge >= 0.3 is 0 Å². The minimum atomic E-state index is -0.552. The Morgan fingerprint density at radius 3 is 2.43 bits per heavy atom. The third kappa shape index (κ3) is 3.19. The summed E-state index contributed by atoms with van der Waals surface area (Å²) in [5.74, 6) is 0.197. The van der Waals surface area contributed by atoms with Crippen molar-refractivity contribution in [2.45, 2.75) is 25.8 Å². The average molecular weight is 401 g/mol. The quantitative estimate of drug-likeness (QED) is 0.714. The fraction of sp³-hybridized carbons (Fsp3) is 0.500. The number of amides is 4. The average Bonchev–Trinajstić information content (AvgIpc) is 3.45. The van der Waals surface area contributed by atoms with E-state index in [0.29, 0.717) is 30.0 Å². The van der Waals surface area contributed by atoms with Crippen molar-refractivity contribution in [2.75, 3.05) is 31.3 Å². The largest absolute Gasteiger partial charge is 0.331 e. The molecule has 4 amide bonds. The van der Waals surface area contributed by atoms with Gasteiger partial charge < -0.3 is 9.80 Å². The molecule has 1 aromatic carbocycles. The molecule has 0 N–H and O–H groups in total. The van der Waals surface area contributed by atoms with Gasteiger partial charge in [-0.05, 0) is 25.0 Å². The van der Waals surface area contributed by atoms with Gasteiger partial charge in [-0.15, -0.1) is 11.8 Å². The van der Waals surface area contributed by atoms with Gasteiger partial charge in [0.25, 0.3) is 11.8 Å². The van der Waals surface area contributed by atoms with Crippen LogP contribution in [0.5, 0.6) is 0 Å². The number of rotatable bonds is 4. The summed E-state index contributed by atoms with van der Waals surface area (Å²) in [6.45, 7) is 3.02. The number of fused-ring (bicyclic) bond motifs is 1. The van der Waals surface area contributed by atoms with Crippen LogP contribution in [0, 0.1) is 5.92 Å². The van der Waals surface area contributed by atoms with Gasteiger partial charge in [0, 0.05) is 25.4 Å². The molecule has 0 bridgehead atoms. The molecule has 0 aromatic heterocycles. The molecule has 1 aromatic rings. The molecular weight excluding hydrogens is 378 g/mol. The summed E-state index contributed by atoms with van der Waals surface area (Å²) in [6, 6.07) is 6.28. The molecule has 8 heteroatoms. The smallest absolute Gasteiger partial charge is 0.261 e. The molecule has 0 aliphatic carbocycles. The van der Waals surface area contributed by atoms with E-state index in [1.165, 1.54) is 0 Å². The van der Waals surface area contributed by atoms with Gasteiger partial charge in [0.15, 0.2) is 0 Å². The van der Waals surface area contributed by atoms with Gasteiger partial charge in [0.2, 0.25) is 11.8 Å². The number of thioether (sulfide) groups is 1. The molecule has 28 heavy (non-hydrogen) atoms. The molecule has 2 fully saturated rings. The van der Waals surface area contributed by atoms with E-state index in [-0.39, 0.29) is 30.2 Å². The number of benzene rings is 1. The lowest BCUT2D eigenvalue weighted by molar-refractivity contribution is -0.145. The summed E-state index contributed by atoms with van der Waals surface area (Å²) in [5, 5.41) is 0. The first-order valence-corrected chi connectivity index (χ1v) is 10.8. The Bertz CT molecular complexity index is 801. The predicted molar refractivity (Wildman–Crippen MR) is 105 cm³/mol. The number of hydrogen-bond donors (Lipinski definition) is 0. The van der Waals surface area contributed by atoms with E-state index in [9.17, 15) is 19.2 Å². The number of carbonyl (C=O) groups excluding carboxylic acids is 4. The second kappa shape index (κ2) is 7.58. The molecule has 4 rings (SSSR count). The zero-order valence-electron chi connectivity index (χ0n) is 15.8. The van der Waals surface area contributed by atoms with Crippen LogP contribution in [0.1, 0.15) is 40.5 Å². The SMILES string of the molecule is C[C@H](CN1C(=O)c2ccccc2C1=O)C(=O)N1CCC[C@H]1C(=O)N1CCSC1. The maximum absolute atomic E-state index is 13.0. The topological polar surface area (TPSA) is 78.0 Å². The molecule has 3 aliphatic heterocycles. The van der Waals surface area contributed by atoms with Crippen molar-refractivity contribution in [2.24, 2.45) is 5.92 Å². The van der Waals surface area contributed by atoms with Crippen molar-refractivity contribution in [3.05, 3.63) is 35.4 Å². The Labute approximate surface area is 168 Å². The van der Waals surface area contributed by atoms with E-state index in [4.69, 9.17) is 0 Å². The van der Waals surface area contributed by atoms with E-state index >= 15 is 0 Å². The van der Waals surface area contributed by atoms with E-state index in [1.54, 1.807) is 47.9 Å². The summed E-state index contributed by atoms with van der Waals surface area (Å²) >= 11 is 1.72. The maximum Gasteiger partial charge on any atom is 0.261 e. The highest BCUT2D eigenvalue weighted by Gasteiger charge is 2.41. The first kappa shape index (κ1) is 19.0. The van der Waals surface area contributed by atoms with Crippen LogP contribution in [-0.2, 0) is 9.59 Å². The van der Waals surface area contributed by atoms with Gasteiger partial charge in [-0.3, -0.25) is 24.1 Å². The molecule has 0 saturated carbocycles. The van der Waals surface area contributed by atoms with Crippen molar-refractivity contribution < 1.29 is 19.2 Å². The van der Waals surface area contributed by atoms with Crippen LogP contribution in [0.3, 0.4) is 0 Å². The Morgan fingerprint density at radius 1 is 1.14 bits per heavy atom. The summed E-state index contributed by atoms with van der Waals surface area (Å²) in [7, 11) is 0. The zero-order valence-corrected chi connectivity index (χ0v) is 16.6. The molecule has 0 spiro atoms. The minimum Gasteiger partial charge on any atom is -0.331 e. The third-order valence-electron chi connectivity index (χ3n) is 5.64. The van der Waals surface area contributed by atoms with Crippen molar-refractivity contribution in [3.8, 4) is 0 Å². The van der Waals surface area contributed by atoms with E-state index in [2.05, 4.69) is 0 Å². The van der Waals surface area contributed by atoms with E-state index in [0.717, 1.165) is 23.6 Å². The standard InChI is InChI=1S/C20H23N3O4S/c1-13(11-23-18(25)14-5-2-3-6-15(14)19(23)26)17(24)22-8-4-7-16(22)20(27)21-9-10-28-12-21/h2-3,5-6,13,16H,4,7-12H2,1H3/t13-,16+/m1/s1. The summed E-state index contributed by atoms with van der Waals surface area (Å²) in [4.78, 5) is 55.5. The second-order valence-electron chi connectivity index (χ2n) is 7.50. The van der Waals surface area contributed by atoms with Crippen LogP contribution < -0.4 is 0 Å². The molecule has 7 nitrogen and oxygen atoms in total. The normalized spacial score (nSPS) is 22.8. The Morgan fingerprint density at radius 2 is 1.82 bits per heavy atom. The van der Waals surface area contributed by atoms with Gasteiger partial charge in [-0.25, -0.2) is 0 Å². The minimum absolute atomic E-state index is 0.0174. The highest BCUT2D eigenvalue weighted by molar-refractivity contribution is 7.99. The third-order valence-corrected chi connectivity index (χ3v) is 6.61. The van der Waals surface area contributed by atoms with Crippen molar-refractivity contribution in [1.29, 1.82) is 0 Å². The Balaban J connectivity index is 1.44. The number of likely N-dealkylation sites (tertiary alicyclic amines) is 1. The van der Waals surface area contributed by atoms with Gasteiger partial charge in [0.05, 0.1) is 22.9 Å². The van der Waals surface area contributed by atoms with Crippen molar-refractivity contribution in [3.63, 3.8) is 0 Å². The summed E-state index contributed by atoms with van der Waals surface area (Å²) < 4.78 is 0. The fourth-order valence-corrected chi connectivity index (χ4v) is 5.08. The van der Waals surface area contributed by atoms with Gasteiger partial charge in [-0.1, -0.05) is 19.1 Å². The van der Waals surface area contributed by atoms with Crippen LogP contribution in [0.15, 0.2) is 24.3 Å². The molecule has 148 valence electrons. The Hall–Kier alpha value is -2.35. The Kier molecular flexibility index (Phi) is 5.14. The highest BCUT2D eigenvalue weighted by Crippen LogP contribution is 2.27. The first-order chi connectivity index (χ1) is 13.5. The van der Waals surface area contributed by atoms with Crippen LogP contribution in [0.4, 0.5) is 0 Å². The fourth-order valence-electron chi connectivity index (χ4n) is 4.13. The second-order valence-corrected chi connectivity index (χ2v) is 8.57. The molecule has 3 aliphatic rings. The molecule has 3 heterocycles. The van der Waals surface area contributed by atoms with E-state index in [1.807, 2.05) is 4.90 Å². The lowest BCUT2D eigenvalue weighted by atomic mass is 10.1. The maximum atomic E-state index is 13.0. The van der Waals surface area contributed by atoms with Crippen LogP contribution in [0.2, 0.25) is 0 Å². The molecule has 2 saturated heterocycles. The molecule has 0 radical (unpaired) electrons. The van der Waals surface area contributed by atoms with Gasteiger partial charge in [0.1, 0.15) is 6.04 Å². The summed E-state index contributed by atoms with van der Waals surface area (Å²) in [6.07, 6.45) is 1.47. The first-order valence-electron chi connectivity index (χ1n) is 9.61. The lowest BCUT2D eigenvalue weighted by Gasteiger charge is -2.30.